The summed E-state index contributed by atoms with van der Waals surface area (Å²) in [4.78, 5) is 42.0. The van der Waals surface area contributed by atoms with Gasteiger partial charge in [0.1, 0.15) is 28.7 Å². The van der Waals surface area contributed by atoms with Crippen LogP contribution in [0.1, 0.15) is 40.7 Å². The number of likely N-dealkylation sites (tertiary alicyclic amines) is 1. The third kappa shape index (κ3) is 4.01. The molecule has 4 atom stereocenters. The van der Waals surface area contributed by atoms with Gasteiger partial charge in [-0.15, -0.1) is 0 Å². The van der Waals surface area contributed by atoms with Crippen molar-refractivity contribution in [1.82, 2.24) is 9.80 Å². The number of fused-ring (bicyclic) bond motifs is 3. The lowest BCUT2D eigenvalue weighted by molar-refractivity contribution is -0.148. The predicted molar refractivity (Wildman–Crippen MR) is 133 cm³/mol. The van der Waals surface area contributed by atoms with Crippen LogP contribution in [0.5, 0.6) is 5.75 Å². The smallest absolute Gasteiger partial charge is 0.255 e. The van der Waals surface area contributed by atoms with Crippen LogP contribution in [-0.2, 0) is 22.6 Å². The molecule has 0 saturated carbocycles. The molecule has 4 aliphatic rings. The van der Waals surface area contributed by atoms with E-state index in [-0.39, 0.29) is 56.4 Å². The summed E-state index contributed by atoms with van der Waals surface area (Å²) in [7, 11) is 3.02. The number of nitrogens with two attached hydrogens (primary N) is 1. The molecule has 0 spiro atoms. The van der Waals surface area contributed by atoms with Gasteiger partial charge in [-0.1, -0.05) is 0 Å². The molecule has 0 unspecified atom stereocenters. The molecule has 1 amide bonds. The Morgan fingerprint density at radius 1 is 1.18 bits per heavy atom. The maximum absolute atomic E-state index is 15.8. The summed E-state index contributed by atoms with van der Waals surface area (Å²) in [5, 5.41) is 44.4. The van der Waals surface area contributed by atoms with E-state index in [1.165, 1.54) is 19.0 Å². The van der Waals surface area contributed by atoms with E-state index in [1.807, 2.05) is 0 Å². The molecule has 10 nitrogen and oxygen atoms in total. The number of carbonyl (C=O) groups excluding carboxylic acids is 3. The molecule has 1 fully saturated rings. The fourth-order valence-electron chi connectivity index (χ4n) is 6.75. The number of hydrogen-bond donors (Lipinski definition) is 5. The van der Waals surface area contributed by atoms with Crippen LogP contribution in [0, 0.1) is 17.7 Å². The number of phenolic OH excluding ortho intramolecular Hbond substituents is 1. The first kappa shape index (κ1) is 28.1. The second-order valence-electron chi connectivity index (χ2n) is 11.3. The highest BCUT2D eigenvalue weighted by Gasteiger charge is 2.63. The number of rotatable bonds is 4. The lowest BCUT2D eigenvalue weighted by Gasteiger charge is -2.50. The number of primary amides is 1. The first-order valence-corrected chi connectivity index (χ1v) is 12.9. The van der Waals surface area contributed by atoms with Crippen LogP contribution >= 0.6 is 0 Å². The van der Waals surface area contributed by atoms with Crippen LogP contribution in [0.25, 0.3) is 0 Å². The molecule has 1 aromatic rings. The number of amides is 1. The monoisotopic (exact) mass is 565 g/mol. The average molecular weight is 566 g/mol. The first-order valence-electron chi connectivity index (χ1n) is 12.9. The molecule has 3 aliphatic carbocycles. The van der Waals surface area contributed by atoms with Crippen molar-refractivity contribution in [3.63, 3.8) is 0 Å². The number of carbonyl (C=O) groups is 3. The fraction of sp³-hybridized carbons (Fsp3) is 0.519. The molecule has 40 heavy (non-hydrogen) atoms. The maximum Gasteiger partial charge on any atom is 0.255 e. The van der Waals surface area contributed by atoms with Crippen LogP contribution in [0.3, 0.4) is 0 Å². The lowest BCUT2D eigenvalue weighted by Crippen LogP contribution is -2.63. The zero-order valence-electron chi connectivity index (χ0n) is 21.9. The number of aliphatic hydroxyl groups excluding tert-OH is 2. The Hall–Kier alpha value is -3.42. The normalized spacial score (nSPS) is 30.3. The Balaban J connectivity index is 1.58. The molecule has 0 bridgehead atoms. The van der Waals surface area contributed by atoms with Crippen molar-refractivity contribution in [2.75, 3.05) is 27.2 Å². The number of halogens is 3. The standard InChI is InChI=1S/C27H30F3N3O7/c1-32(2)20-14-8-11-7-13-17(15(34)9-12(19(13)28)10-33-5-3-26(29,30)4-6-33)21(35)16(11)23(37)27(14,40)24(38)18(22(20)36)25(31)39/h9,11,14,20,34,36-37,40H,3-8,10H2,1-2H3,(H2,31,39)/t11-,14-,20-,27-/m0/s1. The number of nitrogens with zero attached hydrogens (tertiary/aromatic N) is 2. The molecule has 0 radical (unpaired) electrons. The molecule has 1 heterocycles. The van der Waals surface area contributed by atoms with Crippen LogP contribution in [-0.4, -0.2) is 92.4 Å². The summed E-state index contributed by atoms with van der Waals surface area (Å²) in [6.45, 7) is -0.0159. The van der Waals surface area contributed by atoms with Gasteiger partial charge >= 0.3 is 0 Å². The minimum Gasteiger partial charge on any atom is -0.510 e. The minimum atomic E-state index is -2.79. The highest BCUT2D eigenvalue weighted by Crippen LogP contribution is 2.52. The zero-order valence-corrected chi connectivity index (χ0v) is 21.9. The van der Waals surface area contributed by atoms with E-state index in [0.717, 1.165) is 6.07 Å². The number of aromatic hydroxyl groups is 1. The number of phenols is 1. The second kappa shape index (κ2) is 9.32. The Morgan fingerprint density at radius 2 is 1.80 bits per heavy atom. The van der Waals surface area contributed by atoms with E-state index in [0.29, 0.717) is 0 Å². The molecule has 6 N–H and O–H groups in total. The topological polar surface area (TPSA) is 165 Å². The fourth-order valence-corrected chi connectivity index (χ4v) is 6.75. The summed E-state index contributed by atoms with van der Waals surface area (Å²) in [6.07, 6.45) is -1.13. The zero-order chi connectivity index (χ0) is 29.5. The third-order valence-corrected chi connectivity index (χ3v) is 8.71. The molecular formula is C27H30F3N3O7. The largest absolute Gasteiger partial charge is 0.510 e. The van der Waals surface area contributed by atoms with E-state index in [1.54, 1.807) is 4.90 Å². The van der Waals surface area contributed by atoms with Gasteiger partial charge in [-0.25, -0.2) is 13.2 Å². The number of ketones is 2. The van der Waals surface area contributed by atoms with Crippen molar-refractivity contribution in [3.05, 3.63) is 51.2 Å². The van der Waals surface area contributed by atoms with Crippen molar-refractivity contribution >= 4 is 17.5 Å². The predicted octanol–water partition coefficient (Wildman–Crippen LogP) is 1.49. The Morgan fingerprint density at radius 3 is 2.38 bits per heavy atom. The summed E-state index contributed by atoms with van der Waals surface area (Å²) in [5.74, 6) is -11.7. The number of allylic oxidation sites excluding steroid dienone is 1. The summed E-state index contributed by atoms with van der Waals surface area (Å²) >= 11 is 0. The van der Waals surface area contributed by atoms with Crippen LogP contribution < -0.4 is 5.73 Å². The van der Waals surface area contributed by atoms with Gasteiger partial charge in [-0.2, -0.15) is 0 Å². The first-order chi connectivity index (χ1) is 18.6. The highest BCUT2D eigenvalue weighted by molar-refractivity contribution is 6.24. The number of hydrogen-bond acceptors (Lipinski definition) is 9. The number of aliphatic hydroxyl groups is 3. The van der Waals surface area contributed by atoms with Crippen LogP contribution in [0.15, 0.2) is 28.7 Å². The second-order valence-corrected chi connectivity index (χ2v) is 11.3. The molecule has 1 saturated heterocycles. The van der Waals surface area contributed by atoms with Crippen molar-refractivity contribution in [2.24, 2.45) is 17.6 Å². The van der Waals surface area contributed by atoms with Crippen molar-refractivity contribution < 1.29 is 48.0 Å². The Labute approximate surface area is 227 Å². The van der Waals surface area contributed by atoms with E-state index in [2.05, 4.69) is 0 Å². The number of benzene rings is 1. The van der Waals surface area contributed by atoms with Crippen LogP contribution in [0.4, 0.5) is 13.2 Å². The van der Waals surface area contributed by atoms with Gasteiger partial charge in [0.2, 0.25) is 5.78 Å². The summed E-state index contributed by atoms with van der Waals surface area (Å²) in [5.41, 5.74) is 0.668. The molecule has 1 aromatic carbocycles. The molecule has 1 aliphatic heterocycles. The number of alkyl halides is 2. The number of Topliss-reactive ketones (excluding diaryl/α,β-unsaturated/α-hetero) is 2. The van der Waals surface area contributed by atoms with E-state index < -0.39 is 86.7 Å². The quantitative estimate of drug-likeness (QED) is 0.340. The van der Waals surface area contributed by atoms with Crippen molar-refractivity contribution in [2.45, 2.75) is 49.8 Å². The Kier molecular flexibility index (Phi) is 6.55. The van der Waals surface area contributed by atoms with E-state index in [9.17, 15) is 43.6 Å². The van der Waals surface area contributed by atoms with Crippen molar-refractivity contribution in [3.8, 4) is 5.75 Å². The minimum absolute atomic E-state index is 0.0175. The molecule has 5 rings (SSSR count). The summed E-state index contributed by atoms with van der Waals surface area (Å²) in [6, 6.07) is -0.121. The molecule has 0 aromatic heterocycles. The van der Waals surface area contributed by atoms with E-state index >= 15 is 4.39 Å². The molecule has 216 valence electrons. The summed E-state index contributed by atoms with van der Waals surface area (Å²) < 4.78 is 42.9. The third-order valence-electron chi connectivity index (χ3n) is 8.71. The van der Waals surface area contributed by atoms with E-state index in [4.69, 9.17) is 5.73 Å². The van der Waals surface area contributed by atoms with Crippen molar-refractivity contribution in [1.29, 1.82) is 0 Å². The van der Waals surface area contributed by atoms with Gasteiger partial charge in [-0.05, 0) is 38.9 Å². The number of likely N-dealkylation sites (N-methyl/N-ethyl adjacent to an activating group) is 1. The molecule has 13 heteroatoms. The van der Waals surface area contributed by atoms with Gasteiger partial charge in [0.15, 0.2) is 11.4 Å². The van der Waals surface area contributed by atoms with Gasteiger partial charge in [0, 0.05) is 55.1 Å². The highest BCUT2D eigenvalue weighted by atomic mass is 19.3. The maximum atomic E-state index is 15.8. The number of piperidine rings is 1. The van der Waals surface area contributed by atoms with Gasteiger partial charge in [-0.3, -0.25) is 24.2 Å². The van der Waals surface area contributed by atoms with Gasteiger partial charge in [0.05, 0.1) is 11.6 Å². The van der Waals surface area contributed by atoms with Crippen LogP contribution in [0.2, 0.25) is 0 Å². The average Bonchev–Trinajstić information content (AvgIpc) is 2.85. The SMILES string of the molecule is CN(C)[C@@H]1C(O)=C(C(N)=O)C(=O)[C@@]2(O)C(O)=C3C(=O)c4c(O)cc(CN5CCC(F)(F)CC5)c(F)c4C[C@H]3C[C@@H]12. The molecular weight excluding hydrogens is 535 g/mol. The lowest BCUT2D eigenvalue weighted by atomic mass is 9.58. The van der Waals surface area contributed by atoms with Gasteiger partial charge in [0.25, 0.3) is 11.8 Å². The van der Waals surface area contributed by atoms with Gasteiger partial charge < -0.3 is 26.2 Å². The Bertz CT molecular complexity index is 1400.